The summed E-state index contributed by atoms with van der Waals surface area (Å²) in [5.41, 5.74) is 8.72. The Morgan fingerprint density at radius 1 is 1.44 bits per heavy atom. The average Bonchev–Trinajstić information content (AvgIpc) is 2.37. The highest BCUT2D eigenvalue weighted by Gasteiger charge is 2.29. The molecule has 0 amide bonds. The second kappa shape index (κ2) is 5.85. The summed E-state index contributed by atoms with van der Waals surface area (Å²) in [6.45, 7) is 8.78. The van der Waals surface area contributed by atoms with Crippen LogP contribution >= 0.6 is 0 Å². The summed E-state index contributed by atoms with van der Waals surface area (Å²) in [5.74, 6) is 0.819. The molecule has 1 heterocycles. The van der Waals surface area contributed by atoms with Crippen LogP contribution in [-0.4, -0.2) is 24.0 Å². The first-order chi connectivity index (χ1) is 8.61. The normalized spacial score (nSPS) is 27.1. The zero-order valence-electron chi connectivity index (χ0n) is 11.9. The standard InChI is InChI=1S/C16H26N2/c1-12-5-4-6-15(9-12)14(3)18-8-7-13(2)10-16(18)11-17/h4-6,9,13-14,16H,7-8,10-11,17H2,1-3H3. The lowest BCUT2D eigenvalue weighted by atomic mass is 9.90. The van der Waals surface area contributed by atoms with E-state index in [1.165, 1.54) is 30.5 Å². The molecule has 3 unspecified atom stereocenters. The number of nitrogens with zero attached hydrogens (tertiary/aromatic N) is 1. The Morgan fingerprint density at radius 3 is 2.89 bits per heavy atom. The van der Waals surface area contributed by atoms with Crippen molar-refractivity contribution in [3.05, 3.63) is 35.4 Å². The molecule has 1 aromatic carbocycles. The summed E-state index contributed by atoms with van der Waals surface area (Å²) in [4.78, 5) is 2.59. The fourth-order valence-electron chi connectivity index (χ4n) is 3.13. The molecule has 100 valence electrons. The van der Waals surface area contributed by atoms with Gasteiger partial charge in [0.25, 0.3) is 0 Å². The maximum Gasteiger partial charge on any atom is 0.0323 e. The molecule has 3 atom stereocenters. The van der Waals surface area contributed by atoms with E-state index in [0.717, 1.165) is 12.5 Å². The molecular formula is C16H26N2. The molecule has 2 N–H and O–H groups in total. The van der Waals surface area contributed by atoms with E-state index in [4.69, 9.17) is 5.73 Å². The predicted molar refractivity (Wildman–Crippen MR) is 77.5 cm³/mol. The van der Waals surface area contributed by atoms with Crippen LogP contribution in [0.2, 0.25) is 0 Å². The Balaban J connectivity index is 2.14. The number of likely N-dealkylation sites (tertiary alicyclic amines) is 1. The van der Waals surface area contributed by atoms with Crippen LogP contribution in [0.25, 0.3) is 0 Å². The molecular weight excluding hydrogens is 220 g/mol. The first kappa shape index (κ1) is 13.6. The van der Waals surface area contributed by atoms with Gasteiger partial charge in [0.2, 0.25) is 0 Å². The second-order valence-corrected chi connectivity index (χ2v) is 5.85. The Kier molecular flexibility index (Phi) is 4.41. The van der Waals surface area contributed by atoms with Gasteiger partial charge in [-0.05, 0) is 44.7 Å². The molecule has 1 aromatic rings. The van der Waals surface area contributed by atoms with Gasteiger partial charge in [0, 0.05) is 18.6 Å². The smallest absolute Gasteiger partial charge is 0.0323 e. The zero-order valence-corrected chi connectivity index (χ0v) is 11.9. The van der Waals surface area contributed by atoms with Crippen LogP contribution in [0, 0.1) is 12.8 Å². The highest BCUT2D eigenvalue weighted by atomic mass is 15.2. The molecule has 0 saturated carbocycles. The summed E-state index contributed by atoms with van der Waals surface area (Å²) in [6.07, 6.45) is 2.54. The lowest BCUT2D eigenvalue weighted by molar-refractivity contribution is 0.0834. The van der Waals surface area contributed by atoms with Gasteiger partial charge in [-0.2, -0.15) is 0 Å². The summed E-state index contributed by atoms with van der Waals surface area (Å²) in [7, 11) is 0. The summed E-state index contributed by atoms with van der Waals surface area (Å²) in [5, 5.41) is 0. The average molecular weight is 246 g/mol. The highest BCUT2D eigenvalue weighted by Crippen LogP contribution is 2.30. The van der Waals surface area contributed by atoms with E-state index < -0.39 is 0 Å². The van der Waals surface area contributed by atoms with E-state index in [1.807, 2.05) is 0 Å². The van der Waals surface area contributed by atoms with E-state index in [2.05, 4.69) is 49.9 Å². The molecule has 0 aromatic heterocycles. The van der Waals surface area contributed by atoms with Gasteiger partial charge < -0.3 is 5.73 Å². The summed E-state index contributed by atoms with van der Waals surface area (Å²) < 4.78 is 0. The van der Waals surface area contributed by atoms with Crippen LogP contribution in [0.15, 0.2) is 24.3 Å². The van der Waals surface area contributed by atoms with Crippen LogP contribution < -0.4 is 5.73 Å². The Labute approximate surface area is 111 Å². The van der Waals surface area contributed by atoms with Crippen molar-refractivity contribution in [3.63, 3.8) is 0 Å². The van der Waals surface area contributed by atoms with E-state index >= 15 is 0 Å². The minimum atomic E-state index is 0.478. The number of hydrogen-bond acceptors (Lipinski definition) is 2. The fraction of sp³-hybridized carbons (Fsp3) is 0.625. The largest absolute Gasteiger partial charge is 0.329 e. The maximum atomic E-state index is 5.96. The van der Waals surface area contributed by atoms with E-state index in [-0.39, 0.29) is 0 Å². The zero-order chi connectivity index (χ0) is 13.1. The van der Waals surface area contributed by atoms with Crippen molar-refractivity contribution in [3.8, 4) is 0 Å². The monoisotopic (exact) mass is 246 g/mol. The quantitative estimate of drug-likeness (QED) is 0.888. The van der Waals surface area contributed by atoms with Crippen LogP contribution in [0.1, 0.15) is 43.9 Å². The fourth-order valence-corrected chi connectivity index (χ4v) is 3.13. The minimum absolute atomic E-state index is 0.478. The van der Waals surface area contributed by atoms with Crippen molar-refractivity contribution >= 4 is 0 Å². The Morgan fingerprint density at radius 2 is 2.22 bits per heavy atom. The number of hydrogen-bond donors (Lipinski definition) is 1. The molecule has 0 spiro atoms. The number of nitrogens with two attached hydrogens (primary N) is 1. The Hall–Kier alpha value is -0.860. The SMILES string of the molecule is Cc1cccc(C(C)N2CCC(C)CC2CN)c1. The topological polar surface area (TPSA) is 29.3 Å². The number of rotatable bonds is 3. The van der Waals surface area contributed by atoms with Crippen molar-refractivity contribution in [1.29, 1.82) is 0 Å². The molecule has 2 heteroatoms. The van der Waals surface area contributed by atoms with Crippen LogP contribution in [0.5, 0.6) is 0 Å². The lowest BCUT2D eigenvalue weighted by Crippen LogP contribution is -2.47. The number of piperidine rings is 1. The molecule has 18 heavy (non-hydrogen) atoms. The van der Waals surface area contributed by atoms with Crippen molar-refractivity contribution < 1.29 is 0 Å². The third kappa shape index (κ3) is 2.93. The molecule has 1 fully saturated rings. The van der Waals surface area contributed by atoms with Gasteiger partial charge in [-0.25, -0.2) is 0 Å². The van der Waals surface area contributed by atoms with E-state index in [9.17, 15) is 0 Å². The molecule has 1 aliphatic heterocycles. The van der Waals surface area contributed by atoms with Crippen LogP contribution in [0.3, 0.4) is 0 Å². The van der Waals surface area contributed by atoms with Gasteiger partial charge in [0.15, 0.2) is 0 Å². The highest BCUT2D eigenvalue weighted by molar-refractivity contribution is 5.25. The summed E-state index contributed by atoms with van der Waals surface area (Å²) >= 11 is 0. The molecule has 1 aliphatic rings. The minimum Gasteiger partial charge on any atom is -0.329 e. The number of aryl methyl sites for hydroxylation is 1. The first-order valence-corrected chi connectivity index (χ1v) is 7.14. The van der Waals surface area contributed by atoms with Gasteiger partial charge >= 0.3 is 0 Å². The lowest BCUT2D eigenvalue weighted by Gasteiger charge is -2.42. The molecule has 1 saturated heterocycles. The van der Waals surface area contributed by atoms with Crippen LogP contribution in [0.4, 0.5) is 0 Å². The van der Waals surface area contributed by atoms with Gasteiger partial charge in [0.05, 0.1) is 0 Å². The third-order valence-electron chi connectivity index (χ3n) is 4.32. The van der Waals surface area contributed by atoms with Gasteiger partial charge in [-0.1, -0.05) is 36.8 Å². The third-order valence-corrected chi connectivity index (χ3v) is 4.32. The van der Waals surface area contributed by atoms with Crippen molar-refractivity contribution in [2.45, 2.75) is 45.7 Å². The summed E-state index contributed by atoms with van der Waals surface area (Å²) in [6, 6.07) is 9.88. The molecule has 0 bridgehead atoms. The molecule has 2 nitrogen and oxygen atoms in total. The van der Waals surface area contributed by atoms with Gasteiger partial charge in [0.1, 0.15) is 0 Å². The molecule has 0 aliphatic carbocycles. The first-order valence-electron chi connectivity index (χ1n) is 7.14. The Bertz CT molecular complexity index is 388. The second-order valence-electron chi connectivity index (χ2n) is 5.85. The van der Waals surface area contributed by atoms with E-state index in [1.54, 1.807) is 0 Å². The van der Waals surface area contributed by atoms with Crippen molar-refractivity contribution in [2.75, 3.05) is 13.1 Å². The van der Waals surface area contributed by atoms with Crippen molar-refractivity contribution in [1.82, 2.24) is 4.90 Å². The maximum absolute atomic E-state index is 5.96. The number of benzene rings is 1. The van der Waals surface area contributed by atoms with E-state index in [0.29, 0.717) is 12.1 Å². The predicted octanol–water partition coefficient (Wildman–Crippen LogP) is 3.12. The van der Waals surface area contributed by atoms with Gasteiger partial charge in [-0.3, -0.25) is 4.90 Å². The molecule has 0 radical (unpaired) electrons. The van der Waals surface area contributed by atoms with Crippen LogP contribution in [-0.2, 0) is 0 Å². The van der Waals surface area contributed by atoms with Crippen molar-refractivity contribution in [2.24, 2.45) is 11.7 Å². The van der Waals surface area contributed by atoms with Gasteiger partial charge in [-0.15, -0.1) is 0 Å². The molecule has 2 rings (SSSR count).